The maximum atomic E-state index is 13.1. The van der Waals surface area contributed by atoms with Gasteiger partial charge in [-0.3, -0.25) is 4.79 Å². The predicted octanol–water partition coefficient (Wildman–Crippen LogP) is 3.82. The maximum absolute atomic E-state index is 13.1. The Bertz CT molecular complexity index is 598. The third-order valence-electron chi connectivity index (χ3n) is 2.99. The largest absolute Gasteiger partial charge is 0.337 e. The number of hydrogen-bond acceptors (Lipinski definition) is 2. The Hall–Kier alpha value is -1.81. The number of rotatable bonds is 4. The van der Waals surface area contributed by atoms with Gasteiger partial charge in [0.2, 0.25) is 0 Å². The zero-order valence-corrected chi connectivity index (χ0v) is 12.3. The van der Waals surface area contributed by atoms with Crippen molar-refractivity contribution in [3.63, 3.8) is 0 Å². The van der Waals surface area contributed by atoms with Crippen LogP contribution in [0.15, 0.2) is 53.4 Å². The van der Waals surface area contributed by atoms with Crippen molar-refractivity contribution in [1.82, 2.24) is 4.90 Å². The van der Waals surface area contributed by atoms with Gasteiger partial charge in [-0.25, -0.2) is 4.39 Å². The Morgan fingerprint density at radius 1 is 1.20 bits per heavy atom. The molecule has 0 spiro atoms. The SMILES string of the molecule is CSc1ccc(C(=O)N(C)Cc2cccc(F)c2)cc1. The molecule has 2 rings (SSSR count). The van der Waals surface area contributed by atoms with Crippen molar-refractivity contribution >= 4 is 17.7 Å². The van der Waals surface area contributed by atoms with Crippen LogP contribution >= 0.6 is 11.8 Å². The van der Waals surface area contributed by atoms with Gasteiger partial charge in [-0.15, -0.1) is 11.8 Å². The summed E-state index contributed by atoms with van der Waals surface area (Å²) in [5, 5.41) is 0. The quantitative estimate of drug-likeness (QED) is 0.798. The minimum atomic E-state index is -0.285. The zero-order chi connectivity index (χ0) is 14.5. The van der Waals surface area contributed by atoms with Crippen LogP contribution in [0.3, 0.4) is 0 Å². The molecule has 2 aromatic rings. The summed E-state index contributed by atoms with van der Waals surface area (Å²) in [7, 11) is 1.72. The number of carbonyl (C=O) groups excluding carboxylic acids is 1. The molecular weight excluding hydrogens is 273 g/mol. The molecule has 1 amide bonds. The summed E-state index contributed by atoms with van der Waals surface area (Å²) in [6.07, 6.45) is 1.99. The fraction of sp³-hybridized carbons (Fsp3) is 0.188. The van der Waals surface area contributed by atoms with Crippen LogP contribution in [0.5, 0.6) is 0 Å². The highest BCUT2D eigenvalue weighted by atomic mass is 32.2. The minimum absolute atomic E-state index is 0.0677. The molecule has 0 radical (unpaired) electrons. The van der Waals surface area contributed by atoms with Crippen molar-refractivity contribution < 1.29 is 9.18 Å². The first-order valence-corrected chi connectivity index (χ1v) is 7.46. The molecule has 0 saturated heterocycles. The second-order valence-corrected chi connectivity index (χ2v) is 5.40. The molecule has 0 fully saturated rings. The topological polar surface area (TPSA) is 20.3 Å². The summed E-state index contributed by atoms with van der Waals surface area (Å²) in [6, 6.07) is 13.8. The Balaban J connectivity index is 2.07. The second kappa shape index (κ2) is 6.57. The molecule has 4 heteroatoms. The lowest BCUT2D eigenvalue weighted by atomic mass is 10.1. The lowest BCUT2D eigenvalue weighted by Crippen LogP contribution is -2.26. The predicted molar refractivity (Wildman–Crippen MR) is 80.4 cm³/mol. The van der Waals surface area contributed by atoms with Gasteiger partial charge in [0.15, 0.2) is 0 Å². The first-order chi connectivity index (χ1) is 9.60. The smallest absolute Gasteiger partial charge is 0.253 e. The van der Waals surface area contributed by atoms with Gasteiger partial charge in [0.1, 0.15) is 5.82 Å². The highest BCUT2D eigenvalue weighted by Gasteiger charge is 2.12. The van der Waals surface area contributed by atoms with E-state index in [0.29, 0.717) is 12.1 Å². The van der Waals surface area contributed by atoms with Gasteiger partial charge < -0.3 is 4.90 Å². The lowest BCUT2D eigenvalue weighted by molar-refractivity contribution is 0.0785. The van der Waals surface area contributed by atoms with Crippen LogP contribution in [0.25, 0.3) is 0 Å². The van der Waals surface area contributed by atoms with E-state index >= 15 is 0 Å². The molecule has 0 bridgehead atoms. The van der Waals surface area contributed by atoms with E-state index in [2.05, 4.69) is 0 Å². The van der Waals surface area contributed by atoms with Crippen molar-refractivity contribution in [2.45, 2.75) is 11.4 Å². The summed E-state index contributed by atoms with van der Waals surface area (Å²) in [5.41, 5.74) is 1.42. The van der Waals surface area contributed by atoms with Crippen molar-refractivity contribution in [1.29, 1.82) is 0 Å². The second-order valence-electron chi connectivity index (χ2n) is 4.52. The molecule has 0 atom stereocenters. The molecule has 0 aliphatic rings. The standard InChI is InChI=1S/C16H16FNOS/c1-18(11-12-4-3-5-14(17)10-12)16(19)13-6-8-15(20-2)9-7-13/h3-10H,11H2,1-2H3. The molecule has 0 aliphatic heterocycles. The number of thioether (sulfide) groups is 1. The van der Waals surface area contributed by atoms with Gasteiger partial charge in [0.25, 0.3) is 5.91 Å². The Labute approximate surface area is 122 Å². The Morgan fingerprint density at radius 2 is 1.90 bits per heavy atom. The maximum Gasteiger partial charge on any atom is 0.253 e. The molecule has 0 saturated carbocycles. The molecule has 0 unspecified atom stereocenters. The van der Waals surface area contributed by atoms with Gasteiger partial charge in [0.05, 0.1) is 0 Å². The van der Waals surface area contributed by atoms with E-state index < -0.39 is 0 Å². The number of carbonyl (C=O) groups is 1. The summed E-state index contributed by atoms with van der Waals surface area (Å²) in [4.78, 5) is 15.0. The Kier molecular flexibility index (Phi) is 4.79. The average molecular weight is 289 g/mol. The number of amides is 1. The highest BCUT2D eigenvalue weighted by molar-refractivity contribution is 7.98. The Morgan fingerprint density at radius 3 is 2.50 bits per heavy atom. The highest BCUT2D eigenvalue weighted by Crippen LogP contribution is 2.16. The van der Waals surface area contributed by atoms with Crippen LogP contribution in [0.1, 0.15) is 15.9 Å². The van der Waals surface area contributed by atoms with Gasteiger partial charge >= 0.3 is 0 Å². The van der Waals surface area contributed by atoms with E-state index in [1.807, 2.05) is 36.6 Å². The fourth-order valence-electron chi connectivity index (χ4n) is 1.93. The third kappa shape index (κ3) is 3.61. The zero-order valence-electron chi connectivity index (χ0n) is 11.5. The first-order valence-electron chi connectivity index (χ1n) is 6.24. The van der Waals surface area contributed by atoms with Crippen molar-refractivity contribution in [2.24, 2.45) is 0 Å². The molecule has 104 valence electrons. The minimum Gasteiger partial charge on any atom is -0.337 e. The number of hydrogen-bond donors (Lipinski definition) is 0. The number of halogens is 1. The van der Waals surface area contributed by atoms with Crippen LogP contribution in [-0.2, 0) is 6.54 Å². The van der Waals surface area contributed by atoms with Gasteiger partial charge in [-0.05, 0) is 48.2 Å². The normalized spacial score (nSPS) is 10.3. The summed E-state index contributed by atoms with van der Waals surface area (Å²) in [6.45, 7) is 0.390. The monoisotopic (exact) mass is 289 g/mol. The van der Waals surface area contributed by atoms with Crippen LogP contribution < -0.4 is 0 Å². The fourth-order valence-corrected chi connectivity index (χ4v) is 2.34. The van der Waals surface area contributed by atoms with Gasteiger partial charge in [-0.1, -0.05) is 12.1 Å². The van der Waals surface area contributed by atoms with E-state index in [-0.39, 0.29) is 11.7 Å². The summed E-state index contributed by atoms with van der Waals surface area (Å²) < 4.78 is 13.1. The van der Waals surface area contributed by atoms with Crippen molar-refractivity contribution in [2.75, 3.05) is 13.3 Å². The first kappa shape index (κ1) is 14.6. The van der Waals surface area contributed by atoms with Gasteiger partial charge in [-0.2, -0.15) is 0 Å². The average Bonchev–Trinajstić information content (AvgIpc) is 2.46. The summed E-state index contributed by atoms with van der Waals surface area (Å²) in [5.74, 6) is -0.352. The molecule has 0 aromatic heterocycles. The van der Waals surface area contributed by atoms with E-state index in [1.54, 1.807) is 29.8 Å². The summed E-state index contributed by atoms with van der Waals surface area (Å²) >= 11 is 1.64. The van der Waals surface area contributed by atoms with E-state index in [0.717, 1.165) is 10.5 Å². The van der Waals surface area contributed by atoms with Crippen LogP contribution in [-0.4, -0.2) is 24.1 Å². The molecule has 2 nitrogen and oxygen atoms in total. The van der Waals surface area contributed by atoms with E-state index in [4.69, 9.17) is 0 Å². The van der Waals surface area contributed by atoms with E-state index in [9.17, 15) is 9.18 Å². The van der Waals surface area contributed by atoms with Crippen molar-refractivity contribution in [3.8, 4) is 0 Å². The number of benzene rings is 2. The molecule has 20 heavy (non-hydrogen) atoms. The lowest BCUT2D eigenvalue weighted by Gasteiger charge is -2.17. The van der Waals surface area contributed by atoms with Crippen molar-refractivity contribution in [3.05, 3.63) is 65.5 Å². The molecule has 0 heterocycles. The molecule has 0 aliphatic carbocycles. The van der Waals surface area contributed by atoms with Crippen LogP contribution in [0.4, 0.5) is 4.39 Å². The molecule has 2 aromatic carbocycles. The molecular formula is C16H16FNOS. The third-order valence-corrected chi connectivity index (χ3v) is 3.74. The van der Waals surface area contributed by atoms with Gasteiger partial charge in [0, 0.05) is 24.1 Å². The van der Waals surface area contributed by atoms with Crippen LogP contribution in [0.2, 0.25) is 0 Å². The number of nitrogens with zero attached hydrogens (tertiary/aromatic N) is 1. The van der Waals surface area contributed by atoms with E-state index in [1.165, 1.54) is 12.1 Å². The van der Waals surface area contributed by atoms with Crippen LogP contribution in [0, 0.1) is 5.82 Å². The molecule has 0 N–H and O–H groups in total.